The topological polar surface area (TPSA) is 96.3 Å². The molecule has 2 heterocycles. The lowest BCUT2D eigenvalue weighted by molar-refractivity contribution is -0.140. The Morgan fingerprint density at radius 3 is 2.48 bits per heavy atom. The van der Waals surface area contributed by atoms with Crippen molar-refractivity contribution in [2.24, 2.45) is 0 Å². The maximum atomic E-state index is 12.8. The zero-order valence-electron chi connectivity index (χ0n) is 17.4. The highest BCUT2D eigenvalue weighted by Gasteiger charge is 2.39. The molecule has 3 amide bonds. The molecule has 1 aliphatic heterocycles. The van der Waals surface area contributed by atoms with Crippen molar-refractivity contribution in [2.75, 3.05) is 4.90 Å². The van der Waals surface area contributed by atoms with Crippen molar-refractivity contribution in [1.29, 1.82) is 0 Å². The maximum absolute atomic E-state index is 12.8. The van der Waals surface area contributed by atoms with Crippen molar-refractivity contribution in [3.63, 3.8) is 0 Å². The standard InChI is InChI=1S/C21H27N5O3/c1-6-25-14(5)16(13(4)24-25)11-22-19(27)20(28)23-18-15-9-7-8-10-17(15)26(12(2)3)21(18)29/h7-10,12,18H,6,11H2,1-5H3,(H,22,27)(H,23,28)/t18-/m1/s1. The molecule has 3 rings (SSSR count). The molecule has 2 aromatic rings. The van der Waals surface area contributed by atoms with Gasteiger partial charge in [0, 0.05) is 41.6 Å². The van der Waals surface area contributed by atoms with Crippen LogP contribution in [0.3, 0.4) is 0 Å². The minimum absolute atomic E-state index is 0.0552. The number of hydrogen-bond donors (Lipinski definition) is 2. The molecule has 0 saturated heterocycles. The Kier molecular flexibility index (Phi) is 5.72. The van der Waals surface area contributed by atoms with Gasteiger partial charge in [-0.15, -0.1) is 0 Å². The first-order chi connectivity index (χ1) is 13.8. The van der Waals surface area contributed by atoms with E-state index < -0.39 is 17.9 Å². The lowest BCUT2D eigenvalue weighted by Crippen LogP contribution is -2.45. The van der Waals surface area contributed by atoms with Gasteiger partial charge in [0.15, 0.2) is 0 Å². The molecule has 0 unspecified atom stereocenters. The van der Waals surface area contributed by atoms with E-state index in [9.17, 15) is 14.4 Å². The van der Waals surface area contributed by atoms with Gasteiger partial charge < -0.3 is 15.5 Å². The number of aryl methyl sites for hydroxylation is 2. The monoisotopic (exact) mass is 397 g/mol. The third-order valence-electron chi connectivity index (χ3n) is 5.25. The second kappa shape index (κ2) is 8.06. The van der Waals surface area contributed by atoms with E-state index in [1.54, 1.807) is 11.0 Å². The van der Waals surface area contributed by atoms with Crippen LogP contribution < -0.4 is 15.5 Å². The molecule has 1 aromatic heterocycles. The lowest BCUT2D eigenvalue weighted by atomic mass is 10.1. The Hall–Kier alpha value is -3.16. The number of rotatable bonds is 5. The highest BCUT2D eigenvalue weighted by molar-refractivity contribution is 6.35. The van der Waals surface area contributed by atoms with E-state index >= 15 is 0 Å². The average Bonchev–Trinajstić information content (AvgIpc) is 3.12. The van der Waals surface area contributed by atoms with Crippen LogP contribution in [-0.4, -0.2) is 33.5 Å². The normalized spacial score (nSPS) is 15.6. The number of nitrogens with zero attached hydrogens (tertiary/aromatic N) is 3. The molecule has 0 spiro atoms. The number of benzene rings is 1. The number of anilines is 1. The smallest absolute Gasteiger partial charge is 0.310 e. The Bertz CT molecular complexity index is 963. The first-order valence-electron chi connectivity index (χ1n) is 9.79. The fourth-order valence-electron chi connectivity index (χ4n) is 3.76. The van der Waals surface area contributed by atoms with Crippen molar-refractivity contribution in [1.82, 2.24) is 20.4 Å². The van der Waals surface area contributed by atoms with Crippen LogP contribution in [0.5, 0.6) is 0 Å². The Labute approximate surface area is 170 Å². The number of amides is 3. The van der Waals surface area contributed by atoms with Gasteiger partial charge in [0.05, 0.1) is 5.69 Å². The van der Waals surface area contributed by atoms with Crippen molar-refractivity contribution < 1.29 is 14.4 Å². The SMILES string of the molecule is CCn1nc(C)c(CNC(=O)C(=O)N[C@H]2C(=O)N(C(C)C)c3ccccc32)c1C. The van der Waals surface area contributed by atoms with Crippen LogP contribution in [-0.2, 0) is 27.5 Å². The second-order valence-electron chi connectivity index (χ2n) is 7.42. The van der Waals surface area contributed by atoms with Gasteiger partial charge in [-0.25, -0.2) is 0 Å². The molecule has 1 aliphatic rings. The van der Waals surface area contributed by atoms with Gasteiger partial charge in [0.25, 0.3) is 5.91 Å². The molecular weight excluding hydrogens is 370 g/mol. The number of hydrogen-bond acceptors (Lipinski definition) is 4. The van der Waals surface area contributed by atoms with Gasteiger partial charge in [0.2, 0.25) is 0 Å². The van der Waals surface area contributed by atoms with Crippen LogP contribution in [0.4, 0.5) is 5.69 Å². The molecule has 1 atom stereocenters. The van der Waals surface area contributed by atoms with E-state index in [4.69, 9.17) is 0 Å². The summed E-state index contributed by atoms with van der Waals surface area (Å²) in [6.07, 6.45) is 0. The molecular formula is C21H27N5O3. The predicted octanol–water partition coefficient (Wildman–Crippen LogP) is 1.75. The molecule has 0 saturated carbocycles. The van der Waals surface area contributed by atoms with Gasteiger partial charge in [-0.2, -0.15) is 5.10 Å². The number of para-hydroxylation sites is 1. The lowest BCUT2D eigenvalue weighted by Gasteiger charge is -2.22. The van der Waals surface area contributed by atoms with Crippen LogP contribution in [0.15, 0.2) is 24.3 Å². The average molecular weight is 397 g/mol. The zero-order valence-corrected chi connectivity index (χ0v) is 17.4. The Morgan fingerprint density at radius 1 is 1.17 bits per heavy atom. The summed E-state index contributed by atoms with van der Waals surface area (Å²) in [4.78, 5) is 39.3. The van der Waals surface area contributed by atoms with Crippen LogP contribution in [0.2, 0.25) is 0 Å². The number of aromatic nitrogens is 2. The highest BCUT2D eigenvalue weighted by atomic mass is 16.2. The maximum Gasteiger partial charge on any atom is 0.310 e. The summed E-state index contributed by atoms with van der Waals surface area (Å²) in [6, 6.07) is 6.38. The molecule has 154 valence electrons. The summed E-state index contributed by atoms with van der Waals surface area (Å²) in [5, 5.41) is 9.63. The first-order valence-corrected chi connectivity index (χ1v) is 9.79. The highest BCUT2D eigenvalue weighted by Crippen LogP contribution is 2.36. The minimum atomic E-state index is -0.863. The van der Waals surface area contributed by atoms with Crippen LogP contribution >= 0.6 is 0 Å². The molecule has 0 aliphatic carbocycles. The third-order valence-corrected chi connectivity index (χ3v) is 5.25. The van der Waals surface area contributed by atoms with Crippen LogP contribution in [0.25, 0.3) is 0 Å². The second-order valence-corrected chi connectivity index (χ2v) is 7.42. The Balaban J connectivity index is 1.70. The van der Waals surface area contributed by atoms with Crippen molar-refractivity contribution >= 4 is 23.4 Å². The van der Waals surface area contributed by atoms with Gasteiger partial charge in [-0.05, 0) is 40.7 Å². The van der Waals surface area contributed by atoms with Crippen LogP contribution in [0.1, 0.15) is 49.3 Å². The molecule has 0 bridgehead atoms. The number of carbonyl (C=O) groups excluding carboxylic acids is 3. The van der Waals surface area contributed by atoms with E-state index in [-0.39, 0.29) is 18.5 Å². The number of carbonyl (C=O) groups is 3. The Morgan fingerprint density at radius 2 is 1.86 bits per heavy atom. The fourth-order valence-corrected chi connectivity index (χ4v) is 3.76. The zero-order chi connectivity index (χ0) is 21.3. The van der Waals surface area contributed by atoms with Crippen molar-refractivity contribution in [2.45, 2.75) is 59.8 Å². The molecule has 1 aromatic carbocycles. The summed E-state index contributed by atoms with van der Waals surface area (Å²) < 4.78 is 1.85. The quantitative estimate of drug-likeness (QED) is 0.752. The summed E-state index contributed by atoms with van der Waals surface area (Å²) in [7, 11) is 0. The van der Waals surface area contributed by atoms with Crippen LogP contribution in [0, 0.1) is 13.8 Å². The summed E-state index contributed by atoms with van der Waals surface area (Å²) in [5.41, 5.74) is 4.12. The van der Waals surface area contributed by atoms with E-state index in [1.807, 2.05) is 57.5 Å². The largest absolute Gasteiger partial charge is 0.344 e. The minimum Gasteiger partial charge on any atom is -0.344 e. The van der Waals surface area contributed by atoms with Crippen molar-refractivity contribution in [3.8, 4) is 0 Å². The third kappa shape index (κ3) is 3.74. The van der Waals surface area contributed by atoms with E-state index in [1.165, 1.54) is 0 Å². The molecule has 0 fully saturated rings. The molecule has 2 N–H and O–H groups in total. The van der Waals surface area contributed by atoms with Crippen molar-refractivity contribution in [3.05, 3.63) is 46.8 Å². The predicted molar refractivity (Wildman–Crippen MR) is 109 cm³/mol. The van der Waals surface area contributed by atoms with Gasteiger partial charge >= 0.3 is 11.8 Å². The molecule has 8 heteroatoms. The van der Waals surface area contributed by atoms with E-state index in [0.29, 0.717) is 5.56 Å². The summed E-state index contributed by atoms with van der Waals surface area (Å²) in [5.74, 6) is -1.85. The number of fused-ring (bicyclic) bond motifs is 1. The first kappa shape index (κ1) is 20.6. The fraction of sp³-hybridized carbons (Fsp3) is 0.429. The van der Waals surface area contributed by atoms with E-state index in [0.717, 1.165) is 29.2 Å². The molecule has 29 heavy (non-hydrogen) atoms. The van der Waals surface area contributed by atoms with Gasteiger partial charge in [-0.1, -0.05) is 18.2 Å². The summed E-state index contributed by atoms with van der Waals surface area (Å²) in [6.45, 7) is 10.6. The van der Waals surface area contributed by atoms with Gasteiger partial charge in [-0.3, -0.25) is 19.1 Å². The van der Waals surface area contributed by atoms with Gasteiger partial charge in [0.1, 0.15) is 6.04 Å². The van der Waals surface area contributed by atoms with E-state index in [2.05, 4.69) is 15.7 Å². The number of nitrogens with one attached hydrogen (secondary N) is 2. The molecule has 8 nitrogen and oxygen atoms in total. The molecule has 0 radical (unpaired) electrons. The summed E-state index contributed by atoms with van der Waals surface area (Å²) >= 11 is 0.